The Morgan fingerprint density at radius 2 is 2.10 bits per heavy atom. The molecule has 0 saturated carbocycles. The van der Waals surface area contributed by atoms with Gasteiger partial charge in [-0.05, 0) is 30.2 Å². The Kier molecular flexibility index (Phi) is 3.75. The highest BCUT2D eigenvalue weighted by molar-refractivity contribution is 6.16. The zero-order valence-corrected chi connectivity index (χ0v) is 12.6. The number of alkyl halides is 1. The Labute approximate surface area is 127 Å². The second-order valence-corrected chi connectivity index (χ2v) is 5.01. The van der Waals surface area contributed by atoms with Crippen molar-refractivity contribution in [3.8, 4) is 5.88 Å². The summed E-state index contributed by atoms with van der Waals surface area (Å²) >= 11 is 6.03. The number of hydrogen-bond donors (Lipinski definition) is 0. The van der Waals surface area contributed by atoms with Gasteiger partial charge in [-0.2, -0.15) is 4.98 Å². The minimum absolute atomic E-state index is 0.336. The largest absolute Gasteiger partial charge is 0.481 e. The summed E-state index contributed by atoms with van der Waals surface area (Å²) < 4.78 is 7.22. The van der Waals surface area contributed by atoms with Crippen molar-refractivity contribution in [2.75, 3.05) is 7.11 Å². The second kappa shape index (κ2) is 5.69. The standard InChI is InChI=1S/C15H15ClN4O/c1-10-8-17-6-5-11(10)9-20-13(7-16)18-12-3-4-14(21-2)19-15(12)20/h3-6,8H,7,9H2,1-2H3. The van der Waals surface area contributed by atoms with Crippen molar-refractivity contribution in [2.24, 2.45) is 0 Å². The number of halogens is 1. The number of fused-ring (bicyclic) bond motifs is 1. The van der Waals surface area contributed by atoms with E-state index in [9.17, 15) is 0 Å². The van der Waals surface area contributed by atoms with E-state index in [1.807, 2.05) is 29.8 Å². The molecule has 0 aliphatic rings. The lowest BCUT2D eigenvalue weighted by molar-refractivity contribution is 0.399. The summed E-state index contributed by atoms with van der Waals surface area (Å²) in [4.78, 5) is 13.1. The summed E-state index contributed by atoms with van der Waals surface area (Å²) in [5.41, 5.74) is 3.89. The second-order valence-electron chi connectivity index (χ2n) is 4.75. The average Bonchev–Trinajstić information content (AvgIpc) is 2.86. The van der Waals surface area contributed by atoms with E-state index in [4.69, 9.17) is 16.3 Å². The van der Waals surface area contributed by atoms with Crippen LogP contribution in [-0.4, -0.2) is 26.6 Å². The van der Waals surface area contributed by atoms with Gasteiger partial charge in [0.2, 0.25) is 5.88 Å². The summed E-state index contributed by atoms with van der Waals surface area (Å²) in [5.74, 6) is 1.70. The van der Waals surface area contributed by atoms with E-state index < -0.39 is 0 Å². The molecule has 0 saturated heterocycles. The van der Waals surface area contributed by atoms with Gasteiger partial charge in [-0.15, -0.1) is 11.6 Å². The number of methoxy groups -OCH3 is 1. The van der Waals surface area contributed by atoms with E-state index in [1.54, 1.807) is 19.4 Å². The van der Waals surface area contributed by atoms with Crippen LogP contribution in [0.15, 0.2) is 30.6 Å². The van der Waals surface area contributed by atoms with Gasteiger partial charge in [0.25, 0.3) is 0 Å². The van der Waals surface area contributed by atoms with Crippen molar-refractivity contribution in [1.29, 1.82) is 0 Å². The van der Waals surface area contributed by atoms with E-state index in [0.717, 1.165) is 22.6 Å². The molecule has 0 spiro atoms. The summed E-state index contributed by atoms with van der Waals surface area (Å²) in [6.45, 7) is 2.70. The molecule has 6 heteroatoms. The van der Waals surface area contributed by atoms with Gasteiger partial charge in [0.15, 0.2) is 5.65 Å². The zero-order valence-electron chi connectivity index (χ0n) is 11.9. The Bertz CT molecular complexity index is 784. The van der Waals surface area contributed by atoms with Crippen molar-refractivity contribution in [3.05, 3.63) is 47.5 Å². The lowest BCUT2D eigenvalue weighted by Crippen LogP contribution is -2.06. The normalized spacial score (nSPS) is 11.0. The first-order valence-corrected chi connectivity index (χ1v) is 7.12. The maximum atomic E-state index is 6.03. The third kappa shape index (κ3) is 2.56. The minimum Gasteiger partial charge on any atom is -0.481 e. The van der Waals surface area contributed by atoms with Gasteiger partial charge in [-0.1, -0.05) is 0 Å². The molecular weight excluding hydrogens is 288 g/mol. The van der Waals surface area contributed by atoms with Crippen molar-refractivity contribution < 1.29 is 4.74 Å². The zero-order chi connectivity index (χ0) is 14.8. The molecule has 0 aliphatic carbocycles. The van der Waals surface area contributed by atoms with Crippen molar-refractivity contribution in [1.82, 2.24) is 19.5 Å². The van der Waals surface area contributed by atoms with Crippen LogP contribution in [0.2, 0.25) is 0 Å². The summed E-state index contributed by atoms with van der Waals surface area (Å²) in [6.07, 6.45) is 3.64. The molecule has 3 aromatic rings. The summed E-state index contributed by atoms with van der Waals surface area (Å²) in [6, 6.07) is 5.70. The van der Waals surface area contributed by atoms with E-state index >= 15 is 0 Å². The van der Waals surface area contributed by atoms with Crippen LogP contribution >= 0.6 is 11.6 Å². The lowest BCUT2D eigenvalue weighted by atomic mass is 10.1. The molecule has 0 N–H and O–H groups in total. The van der Waals surface area contributed by atoms with Crippen LogP contribution in [0.4, 0.5) is 0 Å². The third-order valence-corrected chi connectivity index (χ3v) is 3.68. The Morgan fingerprint density at radius 1 is 1.24 bits per heavy atom. The fourth-order valence-corrected chi connectivity index (χ4v) is 2.47. The van der Waals surface area contributed by atoms with Crippen LogP contribution in [0.3, 0.4) is 0 Å². The van der Waals surface area contributed by atoms with Gasteiger partial charge in [-0.3, -0.25) is 4.98 Å². The van der Waals surface area contributed by atoms with Gasteiger partial charge in [0.05, 0.1) is 19.5 Å². The predicted molar refractivity (Wildman–Crippen MR) is 81.7 cm³/mol. The highest BCUT2D eigenvalue weighted by Crippen LogP contribution is 2.21. The maximum Gasteiger partial charge on any atom is 0.215 e. The van der Waals surface area contributed by atoms with Crippen LogP contribution in [-0.2, 0) is 12.4 Å². The number of ether oxygens (including phenoxy) is 1. The molecule has 3 heterocycles. The maximum absolute atomic E-state index is 6.03. The molecule has 3 rings (SSSR count). The fraction of sp³-hybridized carbons (Fsp3) is 0.267. The topological polar surface area (TPSA) is 52.8 Å². The van der Waals surface area contributed by atoms with Crippen LogP contribution in [0.5, 0.6) is 5.88 Å². The van der Waals surface area contributed by atoms with E-state index in [0.29, 0.717) is 18.3 Å². The molecule has 108 valence electrons. The minimum atomic E-state index is 0.336. The molecule has 0 amide bonds. The number of aryl methyl sites for hydroxylation is 1. The SMILES string of the molecule is COc1ccc2nc(CCl)n(Cc3ccncc3C)c2n1. The molecule has 0 aliphatic heterocycles. The monoisotopic (exact) mass is 302 g/mol. The quantitative estimate of drug-likeness (QED) is 0.695. The molecule has 21 heavy (non-hydrogen) atoms. The number of imidazole rings is 1. The third-order valence-electron chi connectivity index (χ3n) is 3.44. The molecule has 0 bridgehead atoms. The molecule has 5 nitrogen and oxygen atoms in total. The number of nitrogens with zero attached hydrogens (tertiary/aromatic N) is 4. The smallest absolute Gasteiger partial charge is 0.215 e. The fourth-order valence-electron chi connectivity index (χ4n) is 2.26. The summed E-state index contributed by atoms with van der Waals surface area (Å²) in [5, 5.41) is 0. The Hall–Kier alpha value is -2.14. The van der Waals surface area contributed by atoms with E-state index in [-0.39, 0.29) is 0 Å². The molecular formula is C15H15ClN4O. The van der Waals surface area contributed by atoms with Gasteiger partial charge in [0, 0.05) is 18.5 Å². The first-order valence-electron chi connectivity index (χ1n) is 6.58. The number of rotatable bonds is 4. The molecule has 0 unspecified atom stereocenters. The highest BCUT2D eigenvalue weighted by Gasteiger charge is 2.13. The van der Waals surface area contributed by atoms with Crippen molar-refractivity contribution in [3.63, 3.8) is 0 Å². The Balaban J connectivity index is 2.13. The van der Waals surface area contributed by atoms with Gasteiger partial charge in [0.1, 0.15) is 11.3 Å². The van der Waals surface area contributed by atoms with Crippen LogP contribution < -0.4 is 4.74 Å². The van der Waals surface area contributed by atoms with Crippen LogP contribution in [0, 0.1) is 6.92 Å². The first-order chi connectivity index (χ1) is 10.2. The number of pyridine rings is 2. The number of hydrogen-bond acceptors (Lipinski definition) is 4. The molecule has 0 aromatic carbocycles. The van der Waals surface area contributed by atoms with E-state index in [1.165, 1.54) is 5.56 Å². The van der Waals surface area contributed by atoms with Gasteiger partial charge in [-0.25, -0.2) is 4.98 Å². The predicted octanol–water partition coefficient (Wildman–Crippen LogP) is 2.93. The lowest BCUT2D eigenvalue weighted by Gasteiger charge is -2.09. The van der Waals surface area contributed by atoms with Crippen LogP contribution in [0.25, 0.3) is 11.2 Å². The summed E-state index contributed by atoms with van der Waals surface area (Å²) in [7, 11) is 1.60. The highest BCUT2D eigenvalue weighted by atomic mass is 35.5. The van der Waals surface area contributed by atoms with E-state index in [2.05, 4.69) is 15.0 Å². The average molecular weight is 303 g/mol. The molecule has 0 radical (unpaired) electrons. The molecule has 3 aromatic heterocycles. The van der Waals surface area contributed by atoms with Crippen LogP contribution in [0.1, 0.15) is 17.0 Å². The first kappa shape index (κ1) is 13.8. The van der Waals surface area contributed by atoms with Gasteiger partial charge >= 0.3 is 0 Å². The van der Waals surface area contributed by atoms with Crippen molar-refractivity contribution >= 4 is 22.8 Å². The van der Waals surface area contributed by atoms with Gasteiger partial charge < -0.3 is 9.30 Å². The Morgan fingerprint density at radius 3 is 2.81 bits per heavy atom. The molecule has 0 atom stereocenters. The van der Waals surface area contributed by atoms with Crippen molar-refractivity contribution in [2.45, 2.75) is 19.3 Å². The number of aromatic nitrogens is 4. The molecule has 0 fully saturated rings.